The molecule has 1 rings (SSSR count). The van der Waals surface area contributed by atoms with Gasteiger partial charge in [-0.1, -0.05) is 34.0 Å². The van der Waals surface area contributed by atoms with Crippen LogP contribution in [0.25, 0.3) is 0 Å². The van der Waals surface area contributed by atoms with Crippen LogP contribution in [0.1, 0.15) is 35.1 Å². The van der Waals surface area contributed by atoms with Gasteiger partial charge in [-0.2, -0.15) is 0 Å². The second-order valence-electron chi connectivity index (χ2n) is 3.05. The zero-order valence-electron chi connectivity index (χ0n) is 8.62. The van der Waals surface area contributed by atoms with E-state index in [9.17, 15) is 4.79 Å². The van der Waals surface area contributed by atoms with Crippen molar-refractivity contribution >= 4 is 40.0 Å². The van der Waals surface area contributed by atoms with Crippen LogP contribution in [-0.2, 0) is 6.42 Å². The lowest BCUT2D eigenvalue weighted by atomic mass is 10.3. The summed E-state index contributed by atoms with van der Waals surface area (Å²) in [5.74, 6) is -0.0321. The monoisotopic (exact) mass is 339 g/mol. The van der Waals surface area contributed by atoms with Gasteiger partial charge in [0.25, 0.3) is 5.91 Å². The van der Waals surface area contributed by atoms with Crippen LogP contribution < -0.4 is 5.32 Å². The predicted octanol–water partition coefficient (Wildman–Crippen LogP) is 2.05. The van der Waals surface area contributed by atoms with Crippen LogP contribution in [0.3, 0.4) is 0 Å². The van der Waals surface area contributed by atoms with E-state index in [1.165, 1.54) is 11.5 Å². The Morgan fingerprint density at radius 1 is 1.53 bits per heavy atom. The SMILES string of the molecule is CCc1nnsc1C(=O)NCCCCI. The number of unbranched alkanes of at least 4 members (excludes halogenated alkanes) is 1. The summed E-state index contributed by atoms with van der Waals surface area (Å²) in [6.07, 6.45) is 2.93. The van der Waals surface area contributed by atoms with E-state index in [-0.39, 0.29) is 5.91 Å². The molecular weight excluding hydrogens is 325 g/mol. The fourth-order valence-corrected chi connectivity index (χ4v) is 2.32. The predicted molar refractivity (Wildman–Crippen MR) is 69.7 cm³/mol. The molecule has 0 aromatic carbocycles. The highest BCUT2D eigenvalue weighted by Crippen LogP contribution is 2.10. The molecule has 0 aliphatic carbocycles. The quantitative estimate of drug-likeness (QED) is 0.490. The third-order valence-corrected chi connectivity index (χ3v) is 3.47. The van der Waals surface area contributed by atoms with Crippen molar-refractivity contribution in [3.05, 3.63) is 10.6 Å². The summed E-state index contributed by atoms with van der Waals surface area (Å²) in [6, 6.07) is 0. The molecular formula is C9H14IN3OS. The number of nitrogens with zero attached hydrogens (tertiary/aromatic N) is 2. The molecule has 0 aliphatic rings. The standard InChI is InChI=1S/C9H14IN3OS/c1-2-7-8(15-13-12-7)9(14)11-6-4-3-5-10/h2-6H2,1H3,(H,11,14). The van der Waals surface area contributed by atoms with Crippen molar-refractivity contribution in [2.24, 2.45) is 0 Å². The summed E-state index contributed by atoms with van der Waals surface area (Å²) in [5, 5.41) is 6.79. The van der Waals surface area contributed by atoms with E-state index in [2.05, 4.69) is 37.5 Å². The van der Waals surface area contributed by atoms with Crippen molar-refractivity contribution in [1.82, 2.24) is 14.9 Å². The van der Waals surface area contributed by atoms with E-state index in [0.717, 1.165) is 35.9 Å². The van der Waals surface area contributed by atoms with Gasteiger partial charge in [-0.15, -0.1) is 5.10 Å². The van der Waals surface area contributed by atoms with Crippen molar-refractivity contribution in [1.29, 1.82) is 0 Å². The zero-order chi connectivity index (χ0) is 11.1. The van der Waals surface area contributed by atoms with Gasteiger partial charge in [-0.3, -0.25) is 4.79 Å². The highest BCUT2D eigenvalue weighted by atomic mass is 127. The molecule has 1 aromatic rings. The van der Waals surface area contributed by atoms with Crippen molar-refractivity contribution in [2.45, 2.75) is 26.2 Å². The Hall–Kier alpha value is -0.240. The first-order chi connectivity index (χ1) is 7.29. The Bertz CT molecular complexity index is 316. The molecule has 4 nitrogen and oxygen atoms in total. The Kier molecular flexibility index (Phi) is 6.07. The summed E-state index contributed by atoms with van der Waals surface area (Å²) in [7, 11) is 0. The molecule has 1 amide bonds. The lowest BCUT2D eigenvalue weighted by Gasteiger charge is -2.02. The van der Waals surface area contributed by atoms with Crippen LogP contribution in [0.5, 0.6) is 0 Å². The third kappa shape index (κ3) is 4.02. The van der Waals surface area contributed by atoms with Crippen molar-refractivity contribution in [2.75, 3.05) is 11.0 Å². The largest absolute Gasteiger partial charge is 0.351 e. The summed E-state index contributed by atoms with van der Waals surface area (Å²) < 4.78 is 4.92. The van der Waals surface area contributed by atoms with Gasteiger partial charge >= 0.3 is 0 Å². The van der Waals surface area contributed by atoms with E-state index in [0.29, 0.717) is 4.88 Å². The number of halogens is 1. The fourth-order valence-electron chi connectivity index (χ4n) is 1.11. The Balaban J connectivity index is 2.40. The Morgan fingerprint density at radius 2 is 2.33 bits per heavy atom. The highest BCUT2D eigenvalue weighted by Gasteiger charge is 2.13. The minimum absolute atomic E-state index is 0.0321. The molecule has 0 atom stereocenters. The maximum atomic E-state index is 11.7. The van der Waals surface area contributed by atoms with Gasteiger partial charge < -0.3 is 5.32 Å². The van der Waals surface area contributed by atoms with Gasteiger partial charge in [0.2, 0.25) is 0 Å². The van der Waals surface area contributed by atoms with E-state index in [1.807, 2.05) is 6.92 Å². The summed E-state index contributed by atoms with van der Waals surface area (Å²) in [4.78, 5) is 12.3. The van der Waals surface area contributed by atoms with Crippen LogP contribution in [0.15, 0.2) is 0 Å². The first kappa shape index (κ1) is 12.8. The number of amides is 1. The molecule has 0 radical (unpaired) electrons. The number of rotatable bonds is 6. The smallest absolute Gasteiger partial charge is 0.264 e. The topological polar surface area (TPSA) is 54.9 Å². The summed E-state index contributed by atoms with van der Waals surface area (Å²) in [5.41, 5.74) is 0.798. The minimum atomic E-state index is -0.0321. The average molecular weight is 339 g/mol. The van der Waals surface area contributed by atoms with Crippen LogP contribution in [0, 0.1) is 0 Å². The van der Waals surface area contributed by atoms with Crippen LogP contribution in [-0.4, -0.2) is 26.5 Å². The fraction of sp³-hybridized carbons (Fsp3) is 0.667. The van der Waals surface area contributed by atoms with E-state index in [4.69, 9.17) is 0 Å². The first-order valence-electron chi connectivity index (χ1n) is 4.95. The van der Waals surface area contributed by atoms with Gasteiger partial charge in [0.05, 0.1) is 5.69 Å². The number of hydrogen-bond acceptors (Lipinski definition) is 4. The molecule has 84 valence electrons. The summed E-state index contributed by atoms with van der Waals surface area (Å²) in [6.45, 7) is 2.71. The van der Waals surface area contributed by atoms with E-state index < -0.39 is 0 Å². The normalized spacial score (nSPS) is 10.3. The number of carbonyl (C=O) groups is 1. The molecule has 0 saturated heterocycles. The number of hydrogen-bond donors (Lipinski definition) is 1. The molecule has 0 unspecified atom stereocenters. The molecule has 6 heteroatoms. The molecule has 0 fully saturated rings. The van der Waals surface area contributed by atoms with Crippen LogP contribution in [0.4, 0.5) is 0 Å². The lowest BCUT2D eigenvalue weighted by Crippen LogP contribution is -2.24. The number of aromatic nitrogens is 2. The molecule has 0 aliphatic heterocycles. The molecule has 0 saturated carbocycles. The average Bonchev–Trinajstić information content (AvgIpc) is 2.72. The maximum Gasteiger partial charge on any atom is 0.264 e. The van der Waals surface area contributed by atoms with Crippen LogP contribution >= 0.6 is 34.1 Å². The van der Waals surface area contributed by atoms with Crippen molar-refractivity contribution in [3.8, 4) is 0 Å². The van der Waals surface area contributed by atoms with E-state index in [1.54, 1.807) is 0 Å². The molecule has 0 bridgehead atoms. The Morgan fingerprint density at radius 3 is 3.00 bits per heavy atom. The van der Waals surface area contributed by atoms with Gasteiger partial charge in [0.15, 0.2) is 0 Å². The van der Waals surface area contributed by atoms with Gasteiger partial charge in [-0.05, 0) is 35.2 Å². The number of aryl methyl sites for hydroxylation is 1. The molecule has 1 N–H and O–H groups in total. The molecule has 0 spiro atoms. The second kappa shape index (κ2) is 7.10. The number of alkyl halides is 1. The van der Waals surface area contributed by atoms with E-state index >= 15 is 0 Å². The maximum absolute atomic E-state index is 11.7. The highest BCUT2D eigenvalue weighted by molar-refractivity contribution is 14.1. The van der Waals surface area contributed by atoms with Gasteiger partial charge in [-0.25, -0.2) is 0 Å². The Labute approximate surface area is 107 Å². The number of carbonyl (C=O) groups excluding carboxylic acids is 1. The van der Waals surface area contributed by atoms with Crippen molar-refractivity contribution < 1.29 is 4.79 Å². The lowest BCUT2D eigenvalue weighted by molar-refractivity contribution is 0.0956. The van der Waals surface area contributed by atoms with Gasteiger partial charge in [0, 0.05) is 6.54 Å². The number of nitrogens with one attached hydrogen (secondary N) is 1. The van der Waals surface area contributed by atoms with Crippen molar-refractivity contribution in [3.63, 3.8) is 0 Å². The molecule has 1 aromatic heterocycles. The third-order valence-electron chi connectivity index (χ3n) is 1.94. The molecule has 15 heavy (non-hydrogen) atoms. The van der Waals surface area contributed by atoms with Crippen LogP contribution in [0.2, 0.25) is 0 Å². The second-order valence-corrected chi connectivity index (χ2v) is 4.89. The van der Waals surface area contributed by atoms with Gasteiger partial charge in [0.1, 0.15) is 4.88 Å². The minimum Gasteiger partial charge on any atom is -0.351 e. The zero-order valence-corrected chi connectivity index (χ0v) is 11.6. The first-order valence-corrected chi connectivity index (χ1v) is 7.24. The molecule has 1 heterocycles. The summed E-state index contributed by atoms with van der Waals surface area (Å²) >= 11 is 3.51.